The van der Waals surface area contributed by atoms with Gasteiger partial charge >= 0.3 is 5.97 Å². The molecule has 2 bridgehead atoms. The molecule has 3 fully saturated rings. The van der Waals surface area contributed by atoms with Crippen molar-refractivity contribution in [1.29, 1.82) is 0 Å². The first-order valence-corrected chi connectivity index (χ1v) is 17.1. The van der Waals surface area contributed by atoms with Gasteiger partial charge in [0.15, 0.2) is 0 Å². The number of alkyl halides is 1. The molecule has 1 aromatic rings. The van der Waals surface area contributed by atoms with Crippen molar-refractivity contribution in [2.24, 2.45) is 17.8 Å². The molecule has 3 heterocycles. The molecule has 4 rings (SSSR count). The van der Waals surface area contributed by atoms with Gasteiger partial charge in [0, 0.05) is 23.5 Å². The number of carbonyl (C=O) groups is 4. The average Bonchev–Trinajstić information content (AvgIpc) is 3.60. The number of allylic oxidation sites excluding steroid dienone is 1. The van der Waals surface area contributed by atoms with Gasteiger partial charge in [-0.3, -0.25) is 19.2 Å². The number of likely N-dealkylation sites (tertiary alicyclic amines) is 1. The number of hydrogen-bond acceptors (Lipinski definition) is 7. The Morgan fingerprint density at radius 2 is 1.89 bits per heavy atom. The Balaban J connectivity index is 1.73. The van der Waals surface area contributed by atoms with Gasteiger partial charge in [-0.15, -0.1) is 13.2 Å². The number of esters is 1. The number of para-hydroxylation sites is 1. The Hall–Kier alpha value is -3.02. The number of fused-ring (bicyclic) bond motifs is 1. The molecule has 0 aliphatic carbocycles. The number of anilines is 1. The Morgan fingerprint density at radius 3 is 2.48 bits per heavy atom. The first-order valence-electron chi connectivity index (χ1n) is 16.1. The highest BCUT2D eigenvalue weighted by molar-refractivity contribution is 9.09. The maximum atomic E-state index is 15.0. The predicted octanol–water partition coefficient (Wildman–Crippen LogP) is 3.99. The van der Waals surface area contributed by atoms with Crippen LogP contribution in [0.4, 0.5) is 5.69 Å². The number of carbonyl (C=O) groups excluding carboxylic acids is 4. The number of amides is 3. The smallest absolute Gasteiger partial charge is 0.312 e. The van der Waals surface area contributed by atoms with Crippen LogP contribution in [0.2, 0.25) is 0 Å². The molecule has 252 valence electrons. The molecule has 11 heteroatoms. The minimum Gasteiger partial charge on any atom is -0.460 e. The minimum atomic E-state index is -1.32. The summed E-state index contributed by atoms with van der Waals surface area (Å²) in [7, 11) is 0. The molecule has 1 spiro atoms. The molecule has 3 aliphatic rings. The van der Waals surface area contributed by atoms with Gasteiger partial charge in [0.05, 0.1) is 37.1 Å². The number of ether oxygens (including phenoxy) is 2. The molecule has 3 amide bonds. The highest BCUT2D eigenvalue weighted by Gasteiger charge is 2.77. The molecule has 3 saturated heterocycles. The fourth-order valence-electron chi connectivity index (χ4n) is 7.53. The number of rotatable bonds is 15. The number of aliphatic hydroxyl groups excluding tert-OH is 1. The van der Waals surface area contributed by atoms with Crippen LogP contribution in [0.25, 0.3) is 0 Å². The van der Waals surface area contributed by atoms with Crippen LogP contribution < -0.4 is 10.2 Å². The van der Waals surface area contributed by atoms with Crippen LogP contribution in [0, 0.1) is 31.6 Å². The number of hydrogen-bond donors (Lipinski definition) is 2. The topological polar surface area (TPSA) is 125 Å². The van der Waals surface area contributed by atoms with E-state index in [9.17, 15) is 24.3 Å². The van der Waals surface area contributed by atoms with Crippen molar-refractivity contribution in [2.75, 3.05) is 24.6 Å². The van der Waals surface area contributed by atoms with Crippen molar-refractivity contribution < 1.29 is 33.8 Å². The maximum Gasteiger partial charge on any atom is 0.312 e. The lowest BCUT2D eigenvalue weighted by Crippen LogP contribution is -2.59. The van der Waals surface area contributed by atoms with Crippen molar-refractivity contribution >= 4 is 45.3 Å². The van der Waals surface area contributed by atoms with Crippen LogP contribution >= 0.6 is 15.9 Å². The molecular formula is C35H48BrN3O7. The Bertz CT molecular complexity index is 1330. The molecule has 0 radical (unpaired) electrons. The molecule has 2 N–H and O–H groups in total. The molecule has 1 unspecified atom stereocenters. The quantitative estimate of drug-likeness (QED) is 0.161. The van der Waals surface area contributed by atoms with Crippen molar-refractivity contribution in [3.05, 3.63) is 54.6 Å². The standard InChI is InChI=1S/C35H48BrN3O7/c1-8-10-14-26(41)37-18-23(7)45-34(44)27-28-32(42)39(24(19-40)16-20(3)4)31(35(28)17-25(36)30(27)46-35)33(43)38(15-9-2)29-21(5)12-11-13-22(29)6/h8-9,11-13,20,23-25,27-28,30-31,40H,1-2,10,14-19H2,3-7H3,(H,37,41)/t23-,24-,25?,27+,28-,30+,31+,35-/m1/s1. The summed E-state index contributed by atoms with van der Waals surface area (Å²) < 4.78 is 12.5. The zero-order valence-corrected chi connectivity index (χ0v) is 29.1. The third-order valence-corrected chi connectivity index (χ3v) is 10.2. The number of nitrogens with zero attached hydrogens (tertiary/aromatic N) is 2. The van der Waals surface area contributed by atoms with Crippen LogP contribution in [0.15, 0.2) is 43.5 Å². The van der Waals surface area contributed by atoms with E-state index in [1.165, 1.54) is 4.90 Å². The number of aliphatic hydroxyl groups is 1. The van der Waals surface area contributed by atoms with Crippen molar-refractivity contribution in [1.82, 2.24) is 10.2 Å². The van der Waals surface area contributed by atoms with E-state index in [0.717, 1.165) is 16.8 Å². The van der Waals surface area contributed by atoms with Gasteiger partial charge in [0.25, 0.3) is 5.91 Å². The summed E-state index contributed by atoms with van der Waals surface area (Å²) >= 11 is 3.70. The first kappa shape index (κ1) is 35.8. The molecule has 0 aromatic heterocycles. The molecule has 3 aliphatic heterocycles. The highest BCUT2D eigenvalue weighted by atomic mass is 79.9. The van der Waals surface area contributed by atoms with E-state index in [0.29, 0.717) is 19.3 Å². The van der Waals surface area contributed by atoms with E-state index in [2.05, 4.69) is 34.4 Å². The van der Waals surface area contributed by atoms with Gasteiger partial charge in [-0.1, -0.05) is 60.1 Å². The van der Waals surface area contributed by atoms with Crippen LogP contribution in [0.5, 0.6) is 0 Å². The van der Waals surface area contributed by atoms with Gasteiger partial charge in [0.1, 0.15) is 17.7 Å². The van der Waals surface area contributed by atoms with Gasteiger partial charge in [-0.25, -0.2) is 0 Å². The summed E-state index contributed by atoms with van der Waals surface area (Å²) in [5, 5.41) is 13.4. The maximum absolute atomic E-state index is 15.0. The molecule has 46 heavy (non-hydrogen) atoms. The third-order valence-electron chi connectivity index (χ3n) is 9.35. The summed E-state index contributed by atoms with van der Waals surface area (Å²) in [6.45, 7) is 17.0. The highest BCUT2D eigenvalue weighted by Crippen LogP contribution is 2.61. The zero-order valence-electron chi connectivity index (χ0n) is 27.5. The first-order chi connectivity index (χ1) is 21.8. The largest absolute Gasteiger partial charge is 0.460 e. The van der Waals surface area contributed by atoms with E-state index in [-0.39, 0.29) is 48.7 Å². The molecular weight excluding hydrogens is 654 g/mol. The summed E-state index contributed by atoms with van der Waals surface area (Å²) in [6.07, 6.45) is 3.56. The van der Waals surface area contributed by atoms with E-state index >= 15 is 0 Å². The number of nitrogens with one attached hydrogen (secondary N) is 1. The van der Waals surface area contributed by atoms with E-state index in [1.807, 2.05) is 45.9 Å². The van der Waals surface area contributed by atoms with Crippen molar-refractivity contribution in [3.8, 4) is 0 Å². The van der Waals surface area contributed by atoms with Crippen molar-refractivity contribution in [2.45, 2.75) is 95.0 Å². The van der Waals surface area contributed by atoms with Crippen LogP contribution in [-0.4, -0.2) is 88.1 Å². The van der Waals surface area contributed by atoms with Crippen LogP contribution in [0.3, 0.4) is 0 Å². The summed E-state index contributed by atoms with van der Waals surface area (Å²) in [6, 6.07) is 4.03. The van der Waals surface area contributed by atoms with Crippen LogP contribution in [0.1, 0.15) is 57.6 Å². The van der Waals surface area contributed by atoms with E-state index in [1.54, 1.807) is 24.0 Å². The fraction of sp³-hybridized carbons (Fsp3) is 0.600. The lowest BCUT2D eigenvalue weighted by atomic mass is 9.70. The Labute approximate surface area is 280 Å². The van der Waals surface area contributed by atoms with E-state index in [4.69, 9.17) is 9.47 Å². The van der Waals surface area contributed by atoms with E-state index < -0.39 is 53.6 Å². The van der Waals surface area contributed by atoms with Gasteiger partial charge in [-0.2, -0.15) is 0 Å². The van der Waals surface area contributed by atoms with Gasteiger partial charge in [0.2, 0.25) is 11.8 Å². The Morgan fingerprint density at radius 1 is 1.22 bits per heavy atom. The molecule has 1 aromatic carbocycles. The molecule has 0 saturated carbocycles. The lowest BCUT2D eigenvalue weighted by molar-refractivity contribution is -0.159. The summed E-state index contributed by atoms with van der Waals surface area (Å²) in [5.74, 6) is -3.37. The van der Waals surface area contributed by atoms with Gasteiger partial charge < -0.3 is 29.7 Å². The molecule has 10 nitrogen and oxygen atoms in total. The predicted molar refractivity (Wildman–Crippen MR) is 179 cm³/mol. The normalized spacial score (nSPS) is 27.7. The molecule has 8 atom stereocenters. The van der Waals surface area contributed by atoms with Crippen molar-refractivity contribution in [3.63, 3.8) is 0 Å². The summed E-state index contributed by atoms with van der Waals surface area (Å²) in [4.78, 5) is 58.3. The third kappa shape index (κ3) is 6.69. The van der Waals surface area contributed by atoms with Crippen LogP contribution in [-0.2, 0) is 28.7 Å². The lowest BCUT2D eigenvalue weighted by Gasteiger charge is -2.40. The van der Waals surface area contributed by atoms with Gasteiger partial charge in [-0.05, 0) is 57.1 Å². The average molecular weight is 703 g/mol. The number of benzene rings is 1. The number of halogens is 1. The zero-order chi connectivity index (χ0) is 33.9. The Kier molecular flexibility index (Phi) is 11.5. The number of aryl methyl sites for hydroxylation is 2. The summed E-state index contributed by atoms with van der Waals surface area (Å²) in [5.41, 5.74) is 1.19. The second-order valence-electron chi connectivity index (χ2n) is 13.2. The fourth-order valence-corrected chi connectivity index (χ4v) is 8.47. The monoisotopic (exact) mass is 701 g/mol. The second kappa shape index (κ2) is 14.8. The second-order valence-corrected chi connectivity index (χ2v) is 14.4. The SMILES string of the molecule is C=CCCC(=O)NC[C@@H](C)OC(=O)[C@@H]1[C@H]2O[C@@]3(CC2Br)[C@H](C(=O)N(CC=C)c2c(C)cccc2C)N([C@@H](CO)CC(C)C)C(=O)[C@@H]13. The minimum absolute atomic E-state index is 0.113.